The van der Waals surface area contributed by atoms with Crippen LogP contribution in [0.5, 0.6) is 0 Å². The zero-order valence-electron chi connectivity index (χ0n) is 18.8. The lowest BCUT2D eigenvalue weighted by atomic mass is 9.88. The van der Waals surface area contributed by atoms with Crippen molar-refractivity contribution in [2.24, 2.45) is 4.99 Å². The predicted octanol–water partition coefficient (Wildman–Crippen LogP) is 5.15. The number of hydrogen-bond donors (Lipinski definition) is 0. The summed E-state index contributed by atoms with van der Waals surface area (Å²) in [7, 11) is 0. The molecule has 1 amide bonds. The van der Waals surface area contributed by atoms with Crippen molar-refractivity contribution in [1.29, 1.82) is 5.26 Å². The molecule has 0 radical (unpaired) electrons. The Morgan fingerprint density at radius 3 is 2.64 bits per heavy atom. The van der Waals surface area contributed by atoms with E-state index in [1.54, 1.807) is 6.20 Å². The molecule has 0 unspecified atom stereocenters. The average molecular weight is 435 g/mol. The van der Waals surface area contributed by atoms with Crippen LogP contribution >= 0.6 is 0 Å². The van der Waals surface area contributed by atoms with Crippen LogP contribution in [0, 0.1) is 18.3 Å². The van der Waals surface area contributed by atoms with Crippen LogP contribution in [0.2, 0.25) is 0 Å². The molecule has 2 aliphatic rings. The van der Waals surface area contributed by atoms with E-state index in [1.807, 2.05) is 53.4 Å². The molecule has 2 aliphatic heterocycles. The maximum Gasteiger partial charge on any atom is 0.253 e. The molecule has 33 heavy (non-hydrogen) atoms. The van der Waals surface area contributed by atoms with E-state index in [0.29, 0.717) is 11.5 Å². The summed E-state index contributed by atoms with van der Waals surface area (Å²) in [5.41, 5.74) is 7.29. The molecule has 3 aromatic rings. The van der Waals surface area contributed by atoms with Crippen LogP contribution in [0.3, 0.4) is 0 Å². The molecule has 0 bridgehead atoms. The fourth-order valence-electron chi connectivity index (χ4n) is 4.82. The molecule has 164 valence electrons. The average Bonchev–Trinajstić information content (AvgIpc) is 3.27. The zero-order chi connectivity index (χ0) is 22.8. The summed E-state index contributed by atoms with van der Waals surface area (Å²) >= 11 is 0. The van der Waals surface area contributed by atoms with Gasteiger partial charge in [0.2, 0.25) is 0 Å². The van der Waals surface area contributed by atoms with Gasteiger partial charge >= 0.3 is 0 Å². The SMILES string of the molecule is Cc1ccc(C(=O)N2CCC(c3ccc(C#N)cc3)CC2)cc1CC1=Nc2ncccc2C1. The van der Waals surface area contributed by atoms with Crippen LogP contribution in [0.15, 0.2) is 65.8 Å². The minimum absolute atomic E-state index is 0.104. The summed E-state index contributed by atoms with van der Waals surface area (Å²) in [6.07, 6.45) is 5.23. The first-order valence-corrected chi connectivity index (χ1v) is 11.5. The zero-order valence-corrected chi connectivity index (χ0v) is 18.8. The number of amides is 1. The number of carbonyl (C=O) groups is 1. The van der Waals surface area contributed by atoms with Gasteiger partial charge in [-0.15, -0.1) is 0 Å². The Morgan fingerprint density at radius 1 is 1.12 bits per heavy atom. The molecule has 1 aromatic heterocycles. The van der Waals surface area contributed by atoms with Gasteiger partial charge < -0.3 is 4.90 Å². The van der Waals surface area contributed by atoms with E-state index in [-0.39, 0.29) is 5.91 Å². The number of aliphatic imine (C=N–C) groups is 1. The smallest absolute Gasteiger partial charge is 0.253 e. The normalized spacial score (nSPS) is 15.6. The number of hydrogen-bond acceptors (Lipinski definition) is 4. The van der Waals surface area contributed by atoms with Crippen molar-refractivity contribution in [1.82, 2.24) is 9.88 Å². The molecule has 0 spiro atoms. The molecule has 3 heterocycles. The second kappa shape index (κ2) is 8.99. The second-order valence-electron chi connectivity index (χ2n) is 8.96. The minimum atomic E-state index is 0.104. The maximum absolute atomic E-state index is 13.3. The Hall–Kier alpha value is -3.78. The molecule has 2 aromatic carbocycles. The number of rotatable bonds is 4. The lowest BCUT2D eigenvalue weighted by Crippen LogP contribution is -2.38. The van der Waals surface area contributed by atoms with Crippen LogP contribution < -0.4 is 0 Å². The molecule has 1 saturated heterocycles. The molecule has 5 nitrogen and oxygen atoms in total. The third-order valence-electron chi connectivity index (χ3n) is 6.81. The maximum atomic E-state index is 13.3. The van der Waals surface area contributed by atoms with Gasteiger partial charge in [-0.3, -0.25) is 4.79 Å². The standard InChI is InChI=1S/C28H26N4O/c1-19-4-7-24(15-25(19)17-26-16-23-3-2-12-30-27(23)31-26)28(33)32-13-10-22(11-14-32)21-8-5-20(18-29)6-9-21/h2-9,12,15,22H,10-11,13-14,16-17H2,1H3. The molecular formula is C28H26N4O. The molecule has 0 saturated carbocycles. The Labute approximate surface area is 194 Å². The van der Waals surface area contributed by atoms with Crippen molar-refractivity contribution in [3.63, 3.8) is 0 Å². The fourth-order valence-corrected chi connectivity index (χ4v) is 4.82. The number of pyridine rings is 1. The summed E-state index contributed by atoms with van der Waals surface area (Å²) in [4.78, 5) is 24.3. The van der Waals surface area contributed by atoms with Gasteiger partial charge in [-0.05, 0) is 72.7 Å². The van der Waals surface area contributed by atoms with Gasteiger partial charge in [0.25, 0.3) is 5.91 Å². The van der Waals surface area contributed by atoms with E-state index in [1.165, 1.54) is 16.7 Å². The highest BCUT2D eigenvalue weighted by Gasteiger charge is 2.25. The van der Waals surface area contributed by atoms with Crippen LogP contribution in [0.25, 0.3) is 0 Å². The van der Waals surface area contributed by atoms with Gasteiger partial charge in [0.05, 0.1) is 11.6 Å². The molecule has 0 aliphatic carbocycles. The van der Waals surface area contributed by atoms with Crippen LogP contribution in [0.4, 0.5) is 5.82 Å². The van der Waals surface area contributed by atoms with E-state index in [0.717, 1.165) is 61.4 Å². The van der Waals surface area contributed by atoms with Crippen molar-refractivity contribution in [2.45, 2.75) is 38.5 Å². The number of benzene rings is 2. The number of aryl methyl sites for hydroxylation is 1. The third kappa shape index (κ3) is 4.42. The highest BCUT2D eigenvalue weighted by atomic mass is 16.2. The molecule has 0 N–H and O–H groups in total. The van der Waals surface area contributed by atoms with E-state index in [9.17, 15) is 4.79 Å². The van der Waals surface area contributed by atoms with Crippen molar-refractivity contribution in [3.05, 3.63) is 94.2 Å². The van der Waals surface area contributed by atoms with Crippen LogP contribution in [0.1, 0.15) is 56.9 Å². The summed E-state index contributed by atoms with van der Waals surface area (Å²) < 4.78 is 0. The number of aromatic nitrogens is 1. The van der Waals surface area contributed by atoms with E-state index >= 15 is 0 Å². The van der Waals surface area contributed by atoms with Crippen molar-refractivity contribution in [2.75, 3.05) is 13.1 Å². The predicted molar refractivity (Wildman–Crippen MR) is 129 cm³/mol. The van der Waals surface area contributed by atoms with Crippen LogP contribution in [-0.2, 0) is 12.8 Å². The lowest BCUT2D eigenvalue weighted by molar-refractivity contribution is 0.0713. The molecule has 5 heteroatoms. The number of nitriles is 1. The third-order valence-corrected chi connectivity index (χ3v) is 6.81. The first-order valence-electron chi connectivity index (χ1n) is 11.5. The van der Waals surface area contributed by atoms with E-state index in [2.05, 4.69) is 24.0 Å². The Kier molecular flexibility index (Phi) is 5.75. The van der Waals surface area contributed by atoms with Crippen LogP contribution in [-0.4, -0.2) is 34.6 Å². The number of fused-ring (bicyclic) bond motifs is 1. The van der Waals surface area contributed by atoms with Gasteiger partial charge in [-0.25, -0.2) is 9.98 Å². The first kappa shape index (κ1) is 21.1. The largest absolute Gasteiger partial charge is 0.339 e. The van der Waals surface area contributed by atoms with Gasteiger partial charge in [-0.1, -0.05) is 24.3 Å². The topological polar surface area (TPSA) is 69.3 Å². The van der Waals surface area contributed by atoms with Crippen molar-refractivity contribution < 1.29 is 4.79 Å². The Balaban J connectivity index is 1.25. The van der Waals surface area contributed by atoms with E-state index in [4.69, 9.17) is 10.3 Å². The summed E-state index contributed by atoms with van der Waals surface area (Å²) in [6, 6.07) is 20.1. The summed E-state index contributed by atoms with van der Waals surface area (Å²) in [5, 5.41) is 9.00. The van der Waals surface area contributed by atoms with Gasteiger partial charge in [0.1, 0.15) is 0 Å². The quantitative estimate of drug-likeness (QED) is 0.570. The summed E-state index contributed by atoms with van der Waals surface area (Å²) in [6.45, 7) is 3.59. The number of carbonyl (C=O) groups excluding carboxylic acids is 1. The highest BCUT2D eigenvalue weighted by Crippen LogP contribution is 2.29. The molecule has 0 atom stereocenters. The minimum Gasteiger partial charge on any atom is -0.339 e. The summed E-state index contributed by atoms with van der Waals surface area (Å²) in [5.74, 6) is 1.36. The molecular weight excluding hydrogens is 408 g/mol. The second-order valence-corrected chi connectivity index (χ2v) is 8.96. The Bertz CT molecular complexity index is 1260. The fraction of sp³-hybridized carbons (Fsp3) is 0.286. The van der Waals surface area contributed by atoms with Gasteiger partial charge in [-0.2, -0.15) is 5.26 Å². The van der Waals surface area contributed by atoms with Crippen molar-refractivity contribution in [3.8, 4) is 6.07 Å². The van der Waals surface area contributed by atoms with Gasteiger partial charge in [0, 0.05) is 49.0 Å². The van der Waals surface area contributed by atoms with Gasteiger partial charge in [0.15, 0.2) is 5.82 Å². The number of likely N-dealkylation sites (tertiary alicyclic amines) is 1. The number of piperidine rings is 1. The molecule has 1 fully saturated rings. The first-order chi connectivity index (χ1) is 16.1. The number of nitrogens with zero attached hydrogens (tertiary/aromatic N) is 4. The highest BCUT2D eigenvalue weighted by molar-refractivity contribution is 5.97. The molecule has 5 rings (SSSR count). The van der Waals surface area contributed by atoms with E-state index < -0.39 is 0 Å². The Morgan fingerprint density at radius 2 is 1.91 bits per heavy atom. The monoisotopic (exact) mass is 434 g/mol. The van der Waals surface area contributed by atoms with Crippen molar-refractivity contribution >= 4 is 17.4 Å². The lowest BCUT2D eigenvalue weighted by Gasteiger charge is -2.32.